The molecular weight excluding hydrogens is 220 g/mol. The number of nitrogens with zero attached hydrogens (tertiary/aromatic N) is 1. The van der Waals surface area contributed by atoms with Gasteiger partial charge in [-0.05, 0) is 44.4 Å². The Morgan fingerprint density at radius 3 is 2.22 bits per heavy atom. The van der Waals surface area contributed by atoms with E-state index >= 15 is 0 Å². The first-order chi connectivity index (χ1) is 8.83. The zero-order valence-corrected chi connectivity index (χ0v) is 11.5. The predicted octanol–water partition coefficient (Wildman–Crippen LogP) is 3.34. The second-order valence-electron chi connectivity index (χ2n) is 4.86. The Kier molecular flexibility index (Phi) is 4.82. The molecule has 0 bridgehead atoms. The van der Waals surface area contributed by atoms with Crippen LogP contribution in [0.5, 0.6) is 0 Å². The molecule has 0 saturated carbocycles. The fourth-order valence-corrected chi connectivity index (χ4v) is 2.46. The lowest BCUT2D eigenvalue weighted by molar-refractivity contribution is 0.538. The van der Waals surface area contributed by atoms with Crippen molar-refractivity contribution in [3.05, 3.63) is 42.0 Å². The summed E-state index contributed by atoms with van der Waals surface area (Å²) in [6, 6.07) is 9.59. The maximum Gasteiger partial charge on any atom is 0.0366 e. The molecule has 0 aromatic heterocycles. The molecule has 0 atom stereocenters. The lowest BCUT2D eigenvalue weighted by Crippen LogP contribution is -2.25. The monoisotopic (exact) mass is 244 g/mol. The van der Waals surface area contributed by atoms with Crippen LogP contribution in [0, 0.1) is 0 Å². The van der Waals surface area contributed by atoms with Crippen molar-refractivity contribution in [3.63, 3.8) is 0 Å². The van der Waals surface area contributed by atoms with Crippen LogP contribution in [-0.2, 0) is 6.54 Å². The van der Waals surface area contributed by atoms with Crippen LogP contribution in [0.4, 0.5) is 5.69 Å². The largest absolute Gasteiger partial charge is 0.372 e. The minimum absolute atomic E-state index is 0.646. The first-order valence-electron chi connectivity index (χ1n) is 7.05. The maximum absolute atomic E-state index is 3.60. The van der Waals surface area contributed by atoms with E-state index in [9.17, 15) is 0 Å². The molecular formula is C16H24N2. The Morgan fingerprint density at radius 1 is 1.06 bits per heavy atom. The average Bonchev–Trinajstić information content (AvgIpc) is 2.92. The number of hydrogen-bond acceptors (Lipinski definition) is 2. The third kappa shape index (κ3) is 3.36. The Balaban J connectivity index is 1.86. The van der Waals surface area contributed by atoms with E-state index in [0.717, 1.165) is 19.6 Å². The summed E-state index contributed by atoms with van der Waals surface area (Å²) in [7, 11) is 0. The van der Waals surface area contributed by atoms with Crippen LogP contribution >= 0.6 is 0 Å². The van der Waals surface area contributed by atoms with Crippen LogP contribution in [0.2, 0.25) is 0 Å². The Bertz CT molecular complexity index is 369. The standard InChI is InChI=1S/C16H24N2/c1-3-18(4-2)16-11-9-14(10-12-16)13-17-15-7-5-6-8-15/h5-6,9-12,15,17H,3-4,7-8,13H2,1-2H3. The van der Waals surface area contributed by atoms with E-state index in [1.54, 1.807) is 0 Å². The van der Waals surface area contributed by atoms with E-state index in [0.29, 0.717) is 6.04 Å². The third-order valence-corrected chi connectivity index (χ3v) is 3.67. The normalized spacial score (nSPS) is 15.2. The van der Waals surface area contributed by atoms with Crippen molar-refractivity contribution in [1.29, 1.82) is 0 Å². The Labute approximate surface area is 111 Å². The molecule has 1 aliphatic carbocycles. The summed E-state index contributed by atoms with van der Waals surface area (Å²) < 4.78 is 0. The molecule has 0 spiro atoms. The van der Waals surface area contributed by atoms with E-state index in [-0.39, 0.29) is 0 Å². The van der Waals surface area contributed by atoms with Crippen LogP contribution in [0.25, 0.3) is 0 Å². The molecule has 1 N–H and O–H groups in total. The smallest absolute Gasteiger partial charge is 0.0366 e. The minimum Gasteiger partial charge on any atom is -0.372 e. The summed E-state index contributed by atoms with van der Waals surface area (Å²) >= 11 is 0. The van der Waals surface area contributed by atoms with Crippen LogP contribution in [0.3, 0.4) is 0 Å². The highest BCUT2D eigenvalue weighted by Crippen LogP contribution is 2.15. The van der Waals surface area contributed by atoms with Gasteiger partial charge >= 0.3 is 0 Å². The summed E-state index contributed by atoms with van der Waals surface area (Å²) in [5.74, 6) is 0. The van der Waals surface area contributed by atoms with E-state index in [2.05, 4.69) is 60.5 Å². The van der Waals surface area contributed by atoms with Crippen LogP contribution in [0.15, 0.2) is 36.4 Å². The molecule has 0 unspecified atom stereocenters. The van der Waals surface area contributed by atoms with Gasteiger partial charge in [-0.3, -0.25) is 0 Å². The van der Waals surface area contributed by atoms with Crippen molar-refractivity contribution in [2.45, 2.75) is 39.3 Å². The highest BCUT2D eigenvalue weighted by Gasteiger charge is 2.08. The van der Waals surface area contributed by atoms with Gasteiger partial charge in [-0.2, -0.15) is 0 Å². The van der Waals surface area contributed by atoms with Gasteiger partial charge in [0.15, 0.2) is 0 Å². The number of hydrogen-bond donors (Lipinski definition) is 1. The molecule has 0 amide bonds. The van der Waals surface area contributed by atoms with Gasteiger partial charge in [0.05, 0.1) is 0 Å². The van der Waals surface area contributed by atoms with Gasteiger partial charge < -0.3 is 10.2 Å². The zero-order chi connectivity index (χ0) is 12.8. The fraction of sp³-hybridized carbons (Fsp3) is 0.500. The molecule has 0 heterocycles. The molecule has 0 aliphatic heterocycles. The second-order valence-corrected chi connectivity index (χ2v) is 4.86. The van der Waals surface area contributed by atoms with Crippen molar-refractivity contribution < 1.29 is 0 Å². The molecule has 2 nitrogen and oxygen atoms in total. The first-order valence-corrected chi connectivity index (χ1v) is 7.05. The predicted molar refractivity (Wildman–Crippen MR) is 79.0 cm³/mol. The van der Waals surface area contributed by atoms with Gasteiger partial charge in [-0.15, -0.1) is 0 Å². The third-order valence-electron chi connectivity index (χ3n) is 3.67. The molecule has 2 heteroatoms. The lowest BCUT2D eigenvalue weighted by atomic mass is 10.1. The lowest BCUT2D eigenvalue weighted by Gasteiger charge is -2.21. The van der Waals surface area contributed by atoms with E-state index in [1.165, 1.54) is 24.1 Å². The van der Waals surface area contributed by atoms with Crippen molar-refractivity contribution in [1.82, 2.24) is 5.32 Å². The Morgan fingerprint density at radius 2 is 1.67 bits per heavy atom. The van der Waals surface area contributed by atoms with Crippen LogP contribution < -0.4 is 10.2 Å². The topological polar surface area (TPSA) is 15.3 Å². The molecule has 0 radical (unpaired) electrons. The molecule has 18 heavy (non-hydrogen) atoms. The molecule has 1 aromatic carbocycles. The summed E-state index contributed by atoms with van der Waals surface area (Å²) in [4.78, 5) is 2.37. The van der Waals surface area contributed by atoms with Gasteiger partial charge in [0.25, 0.3) is 0 Å². The summed E-state index contributed by atoms with van der Waals surface area (Å²) in [6.45, 7) is 7.52. The van der Waals surface area contributed by atoms with E-state index < -0.39 is 0 Å². The highest BCUT2D eigenvalue weighted by atomic mass is 15.1. The average molecular weight is 244 g/mol. The fourth-order valence-electron chi connectivity index (χ4n) is 2.46. The molecule has 0 fully saturated rings. The van der Waals surface area contributed by atoms with Gasteiger partial charge in [0.1, 0.15) is 0 Å². The summed E-state index contributed by atoms with van der Waals surface area (Å²) in [6.07, 6.45) is 6.89. The number of benzene rings is 1. The second kappa shape index (κ2) is 6.60. The minimum atomic E-state index is 0.646. The zero-order valence-electron chi connectivity index (χ0n) is 11.5. The number of rotatable bonds is 6. The van der Waals surface area contributed by atoms with Gasteiger partial charge in [-0.1, -0.05) is 24.3 Å². The van der Waals surface area contributed by atoms with Crippen LogP contribution in [0.1, 0.15) is 32.3 Å². The van der Waals surface area contributed by atoms with Gasteiger partial charge in [-0.25, -0.2) is 0 Å². The Hall–Kier alpha value is -1.28. The molecule has 1 aromatic rings. The van der Waals surface area contributed by atoms with Crippen LogP contribution in [-0.4, -0.2) is 19.1 Å². The quantitative estimate of drug-likeness (QED) is 0.772. The van der Waals surface area contributed by atoms with Crippen molar-refractivity contribution in [2.24, 2.45) is 0 Å². The van der Waals surface area contributed by atoms with Gasteiger partial charge in [0.2, 0.25) is 0 Å². The molecule has 98 valence electrons. The first kappa shape index (κ1) is 13.2. The summed E-state index contributed by atoms with van der Waals surface area (Å²) in [5.41, 5.74) is 2.70. The van der Waals surface area contributed by atoms with E-state index in [1.807, 2.05) is 0 Å². The number of nitrogens with one attached hydrogen (secondary N) is 1. The highest BCUT2D eigenvalue weighted by molar-refractivity contribution is 5.47. The SMILES string of the molecule is CCN(CC)c1ccc(CNC2CC=CC2)cc1. The molecule has 0 saturated heterocycles. The maximum atomic E-state index is 3.60. The number of anilines is 1. The van der Waals surface area contributed by atoms with Crippen molar-refractivity contribution in [2.75, 3.05) is 18.0 Å². The summed E-state index contributed by atoms with van der Waals surface area (Å²) in [5, 5.41) is 3.60. The van der Waals surface area contributed by atoms with E-state index in [4.69, 9.17) is 0 Å². The van der Waals surface area contributed by atoms with Crippen molar-refractivity contribution in [3.8, 4) is 0 Å². The molecule has 2 rings (SSSR count). The van der Waals surface area contributed by atoms with Gasteiger partial charge in [0, 0.05) is 31.4 Å². The molecule has 1 aliphatic rings. The van der Waals surface area contributed by atoms with Crippen molar-refractivity contribution >= 4 is 5.69 Å².